The molecular formula is C15H22Cl2O2S. The first kappa shape index (κ1) is 17.8. The van der Waals surface area contributed by atoms with E-state index in [4.69, 9.17) is 23.2 Å². The molecule has 0 saturated carbocycles. The zero-order valence-corrected chi connectivity index (χ0v) is 14.5. The minimum atomic E-state index is -3.09. The van der Waals surface area contributed by atoms with E-state index in [1.165, 1.54) is 0 Å². The first-order valence-electron chi connectivity index (χ1n) is 6.68. The second-order valence-electron chi connectivity index (χ2n) is 5.58. The van der Waals surface area contributed by atoms with E-state index < -0.39 is 15.3 Å². The fraction of sp³-hybridized carbons (Fsp3) is 0.600. The Balaban J connectivity index is 3.01. The van der Waals surface area contributed by atoms with Gasteiger partial charge in [-0.25, -0.2) is 8.42 Å². The highest BCUT2D eigenvalue weighted by Crippen LogP contribution is 2.32. The quantitative estimate of drug-likeness (QED) is 0.707. The van der Waals surface area contributed by atoms with E-state index in [9.17, 15) is 8.42 Å². The zero-order chi connectivity index (χ0) is 15.4. The molecule has 0 aromatic heterocycles. The summed E-state index contributed by atoms with van der Waals surface area (Å²) in [5.41, 5.74) is 1.67. The summed E-state index contributed by atoms with van der Waals surface area (Å²) < 4.78 is 24.0. The van der Waals surface area contributed by atoms with Gasteiger partial charge in [-0.15, -0.1) is 23.2 Å². The van der Waals surface area contributed by atoms with Crippen molar-refractivity contribution in [1.82, 2.24) is 0 Å². The van der Waals surface area contributed by atoms with Crippen molar-refractivity contribution in [2.45, 2.75) is 37.9 Å². The Kier molecular flexibility index (Phi) is 6.36. The van der Waals surface area contributed by atoms with Crippen LogP contribution in [-0.4, -0.2) is 31.2 Å². The van der Waals surface area contributed by atoms with Crippen molar-refractivity contribution in [2.24, 2.45) is 0 Å². The van der Waals surface area contributed by atoms with Gasteiger partial charge in [0.15, 0.2) is 9.84 Å². The summed E-state index contributed by atoms with van der Waals surface area (Å²) >= 11 is 12.3. The number of aryl methyl sites for hydroxylation is 1. The normalized spacial score (nSPS) is 12.9. The van der Waals surface area contributed by atoms with E-state index in [0.29, 0.717) is 18.2 Å². The third-order valence-electron chi connectivity index (χ3n) is 3.76. The van der Waals surface area contributed by atoms with Gasteiger partial charge in [0.25, 0.3) is 0 Å². The molecule has 0 saturated heterocycles. The summed E-state index contributed by atoms with van der Waals surface area (Å²) in [7, 11) is -3.09. The Morgan fingerprint density at radius 1 is 1.10 bits per heavy atom. The van der Waals surface area contributed by atoms with Crippen molar-refractivity contribution >= 4 is 33.0 Å². The van der Waals surface area contributed by atoms with Crippen LogP contribution < -0.4 is 0 Å². The Morgan fingerprint density at radius 2 is 1.60 bits per heavy atom. The van der Waals surface area contributed by atoms with Crippen molar-refractivity contribution in [1.29, 1.82) is 0 Å². The van der Waals surface area contributed by atoms with Crippen LogP contribution in [0.2, 0.25) is 0 Å². The lowest BCUT2D eigenvalue weighted by atomic mass is 9.81. The molecule has 0 spiro atoms. The summed E-state index contributed by atoms with van der Waals surface area (Å²) in [6, 6.07) is 7.98. The summed E-state index contributed by atoms with van der Waals surface area (Å²) in [6.45, 7) is 5.41. The smallest absolute Gasteiger partial charge is 0.152 e. The molecule has 0 heterocycles. The molecule has 0 fully saturated rings. The molecule has 0 unspecified atom stereocenters. The van der Waals surface area contributed by atoms with Gasteiger partial charge in [-0.3, -0.25) is 0 Å². The van der Waals surface area contributed by atoms with E-state index in [1.807, 2.05) is 31.2 Å². The van der Waals surface area contributed by atoms with E-state index in [2.05, 4.69) is 0 Å². The van der Waals surface area contributed by atoms with E-state index in [1.54, 1.807) is 13.8 Å². The minimum absolute atomic E-state index is 0.109. The topological polar surface area (TPSA) is 34.1 Å². The lowest BCUT2D eigenvalue weighted by molar-refractivity contribution is 0.509. The molecule has 0 aliphatic heterocycles. The number of hydrogen-bond acceptors (Lipinski definition) is 2. The fourth-order valence-electron chi connectivity index (χ4n) is 1.95. The SMILES string of the molecule is Cc1ccc(C(CCl)(CCl)CCS(=O)(=O)C(C)C)cc1. The monoisotopic (exact) mass is 336 g/mol. The van der Waals surface area contributed by atoms with Gasteiger partial charge < -0.3 is 0 Å². The second-order valence-corrected chi connectivity index (χ2v) is 8.79. The largest absolute Gasteiger partial charge is 0.229 e. The maximum atomic E-state index is 12.0. The maximum absolute atomic E-state index is 12.0. The fourth-order valence-corrected chi connectivity index (χ4v) is 3.96. The molecule has 1 aromatic rings. The van der Waals surface area contributed by atoms with Crippen molar-refractivity contribution in [3.8, 4) is 0 Å². The van der Waals surface area contributed by atoms with Crippen molar-refractivity contribution in [3.63, 3.8) is 0 Å². The molecule has 2 nitrogen and oxygen atoms in total. The van der Waals surface area contributed by atoms with E-state index in [-0.39, 0.29) is 11.0 Å². The van der Waals surface area contributed by atoms with Crippen LogP contribution >= 0.6 is 23.2 Å². The highest BCUT2D eigenvalue weighted by Gasteiger charge is 2.33. The summed E-state index contributed by atoms with van der Waals surface area (Å²) in [6.07, 6.45) is 0.448. The molecule has 0 atom stereocenters. The third kappa shape index (κ3) is 4.12. The first-order chi connectivity index (χ1) is 9.27. The van der Waals surface area contributed by atoms with Crippen LogP contribution in [0.15, 0.2) is 24.3 Å². The molecule has 114 valence electrons. The summed E-state index contributed by atoms with van der Waals surface area (Å²) in [4.78, 5) is 0. The van der Waals surface area contributed by atoms with Crippen LogP contribution in [0.5, 0.6) is 0 Å². The molecule has 0 amide bonds. The van der Waals surface area contributed by atoms with Crippen molar-refractivity contribution in [3.05, 3.63) is 35.4 Å². The molecule has 20 heavy (non-hydrogen) atoms. The number of alkyl halides is 2. The molecule has 1 aromatic carbocycles. The molecule has 5 heteroatoms. The van der Waals surface area contributed by atoms with Crippen molar-refractivity contribution in [2.75, 3.05) is 17.5 Å². The van der Waals surface area contributed by atoms with Crippen LogP contribution in [-0.2, 0) is 15.3 Å². The van der Waals surface area contributed by atoms with Gasteiger partial charge in [0.05, 0.1) is 11.0 Å². The molecule has 0 aliphatic rings. The van der Waals surface area contributed by atoms with E-state index in [0.717, 1.165) is 11.1 Å². The van der Waals surface area contributed by atoms with Crippen molar-refractivity contribution < 1.29 is 8.42 Å². The summed E-state index contributed by atoms with van der Waals surface area (Å²) in [5, 5.41) is -0.371. The zero-order valence-electron chi connectivity index (χ0n) is 12.2. The van der Waals surface area contributed by atoms with Gasteiger partial charge in [0, 0.05) is 17.2 Å². The average molecular weight is 337 g/mol. The first-order valence-corrected chi connectivity index (χ1v) is 9.46. The number of benzene rings is 1. The van der Waals surface area contributed by atoms with Crippen LogP contribution in [0.1, 0.15) is 31.4 Å². The minimum Gasteiger partial charge on any atom is -0.229 e. The number of sulfone groups is 1. The Bertz CT molecular complexity index is 517. The van der Waals surface area contributed by atoms with Gasteiger partial charge >= 0.3 is 0 Å². The molecule has 1 rings (SSSR count). The number of rotatable bonds is 7. The predicted octanol–water partition coefficient (Wildman–Crippen LogP) is 3.92. The van der Waals surface area contributed by atoms with Crippen LogP contribution in [0.4, 0.5) is 0 Å². The van der Waals surface area contributed by atoms with Gasteiger partial charge in [0.2, 0.25) is 0 Å². The van der Waals surface area contributed by atoms with Gasteiger partial charge in [-0.1, -0.05) is 29.8 Å². The molecule has 0 bridgehead atoms. The molecule has 0 radical (unpaired) electrons. The lowest BCUT2D eigenvalue weighted by Gasteiger charge is -2.30. The number of halogens is 2. The Labute approximate surface area is 132 Å². The highest BCUT2D eigenvalue weighted by atomic mass is 35.5. The predicted molar refractivity (Wildman–Crippen MR) is 87.8 cm³/mol. The van der Waals surface area contributed by atoms with Gasteiger partial charge in [0.1, 0.15) is 0 Å². The number of hydrogen-bond donors (Lipinski definition) is 0. The van der Waals surface area contributed by atoms with Crippen LogP contribution in [0.3, 0.4) is 0 Å². The van der Waals surface area contributed by atoms with E-state index >= 15 is 0 Å². The second kappa shape index (κ2) is 7.15. The molecular weight excluding hydrogens is 315 g/mol. The Hall–Kier alpha value is -0.250. The third-order valence-corrected chi connectivity index (χ3v) is 6.99. The van der Waals surface area contributed by atoms with Gasteiger partial charge in [-0.2, -0.15) is 0 Å². The average Bonchev–Trinajstić information content (AvgIpc) is 2.42. The van der Waals surface area contributed by atoms with Crippen LogP contribution in [0, 0.1) is 6.92 Å². The molecule has 0 N–H and O–H groups in total. The summed E-state index contributed by atoms with van der Waals surface area (Å²) in [5.74, 6) is 0.734. The molecule has 0 aliphatic carbocycles. The van der Waals surface area contributed by atoms with Gasteiger partial charge in [-0.05, 0) is 32.8 Å². The standard InChI is InChI=1S/C15H22Cl2O2S/c1-12(2)20(18,19)9-8-15(10-16,11-17)14-6-4-13(3)5-7-14/h4-7,12H,8-11H2,1-3H3. The maximum Gasteiger partial charge on any atom is 0.152 e. The Morgan fingerprint density at radius 3 is 2.00 bits per heavy atom. The highest BCUT2D eigenvalue weighted by molar-refractivity contribution is 7.91. The van der Waals surface area contributed by atoms with Crippen LogP contribution in [0.25, 0.3) is 0 Å². The lowest BCUT2D eigenvalue weighted by Crippen LogP contribution is -2.34.